The van der Waals surface area contributed by atoms with Gasteiger partial charge in [-0.15, -0.1) is 0 Å². The van der Waals surface area contributed by atoms with Gasteiger partial charge in [0.25, 0.3) is 0 Å². The first kappa shape index (κ1) is 36.1. The van der Waals surface area contributed by atoms with Crippen molar-refractivity contribution in [3.05, 3.63) is 59.2 Å². The van der Waals surface area contributed by atoms with Gasteiger partial charge >= 0.3 is 12.0 Å². The first-order valence-corrected chi connectivity index (χ1v) is 17.5. The van der Waals surface area contributed by atoms with E-state index in [2.05, 4.69) is 27.4 Å². The van der Waals surface area contributed by atoms with Crippen LogP contribution < -0.4 is 20.9 Å². The van der Waals surface area contributed by atoms with Gasteiger partial charge in [0.05, 0.1) is 36.2 Å². The van der Waals surface area contributed by atoms with Gasteiger partial charge < -0.3 is 24.0 Å². The number of nitrogens with two attached hydrogens (primary N) is 2. The van der Waals surface area contributed by atoms with E-state index in [4.69, 9.17) is 25.5 Å². The molecule has 0 aliphatic carbocycles. The Morgan fingerprint density at radius 2 is 1.70 bits per heavy atom. The Kier molecular flexibility index (Phi) is 11.3. The predicted molar refractivity (Wildman–Crippen MR) is 182 cm³/mol. The Balaban J connectivity index is 1.27. The molecule has 2 aromatic rings. The van der Waals surface area contributed by atoms with E-state index in [0.29, 0.717) is 69.7 Å². The van der Waals surface area contributed by atoms with Crippen LogP contribution in [0.3, 0.4) is 0 Å². The first-order valence-electron chi connectivity index (χ1n) is 17.5. The topological polar surface area (TPSA) is 131 Å². The third-order valence-electron chi connectivity index (χ3n) is 11.2. The molecule has 272 valence electrons. The molecule has 0 saturated carbocycles. The van der Waals surface area contributed by atoms with Crippen molar-refractivity contribution in [3.63, 3.8) is 0 Å². The molecule has 50 heavy (non-hydrogen) atoms. The number of piperidine rings is 1. The molecular formula is C36H49F3N7O4+. The summed E-state index contributed by atoms with van der Waals surface area (Å²) in [5, 5.41) is 13.1. The van der Waals surface area contributed by atoms with Crippen LogP contribution in [0.4, 0.5) is 18.9 Å². The molecule has 0 bridgehead atoms. The third-order valence-corrected chi connectivity index (χ3v) is 11.2. The van der Waals surface area contributed by atoms with Gasteiger partial charge in [-0.2, -0.15) is 13.2 Å². The lowest BCUT2D eigenvalue weighted by Gasteiger charge is -2.35. The number of benzene rings is 2. The highest BCUT2D eigenvalue weighted by atomic mass is 19.4. The summed E-state index contributed by atoms with van der Waals surface area (Å²) < 4.78 is 58.9. The van der Waals surface area contributed by atoms with Gasteiger partial charge in [-0.25, -0.2) is 0 Å². The molecule has 2 aromatic carbocycles. The van der Waals surface area contributed by atoms with Crippen molar-refractivity contribution in [2.24, 2.45) is 33.9 Å². The van der Waals surface area contributed by atoms with E-state index in [0.717, 1.165) is 55.5 Å². The van der Waals surface area contributed by atoms with E-state index in [-0.39, 0.29) is 35.5 Å². The number of carbonyl (C=O) groups excluding carboxylic acids is 1. The maximum atomic E-state index is 14.6. The van der Waals surface area contributed by atoms with E-state index < -0.39 is 11.7 Å². The normalized spacial score (nSPS) is 25.9. The van der Waals surface area contributed by atoms with Crippen LogP contribution in [0.15, 0.2) is 52.8 Å². The van der Waals surface area contributed by atoms with Gasteiger partial charge in [-0.1, -0.05) is 18.2 Å². The van der Waals surface area contributed by atoms with Crippen LogP contribution in [0.25, 0.3) is 0 Å². The number of likely N-dealkylation sites (tertiary alicyclic amines) is 2. The standard InChI is InChI=1S/C36H48F3N7O4/c1-48-22-25-18-46(35(47)32-21-45(27-11-15-50-16-12-27)19-30(32)23-3-6-28(49-2)7-4-23)20-31(25)29-8-5-26(36(37,38)39)17-33(29)44-13-9-24(10-14-44)34(40)42-43-41/h3-8,17,24-25,27,30-32H,9-16,18-22H2,1-2H3,(H3,40,41,42)/p+1/t25-,30+,31+,32-/m1/s1. The van der Waals surface area contributed by atoms with Crippen LogP contribution in [0.1, 0.15) is 54.2 Å². The van der Waals surface area contributed by atoms with Crippen LogP contribution in [-0.2, 0) is 20.4 Å². The fraction of sp³-hybridized carbons (Fsp3) is 0.611. The molecule has 1 amide bonds. The SMILES string of the molecule is COC[C@H]1CN(C(=O)[C@@H]2CN(C3CCOCC3)C[C@H]2c2ccc(OC)cc2)C[C@@H]1c1ccc(C(F)(F)F)cc1N1CCC(C(=[NH2+])N=NN)CC1. The molecule has 4 aliphatic heterocycles. The van der Waals surface area contributed by atoms with Crippen molar-refractivity contribution >= 4 is 17.4 Å². The van der Waals surface area contributed by atoms with Crippen LogP contribution in [-0.4, -0.2) is 101 Å². The molecule has 4 N–H and O–H groups in total. The highest BCUT2D eigenvalue weighted by Gasteiger charge is 2.46. The number of hydrogen-bond acceptors (Lipinski definition) is 7. The molecule has 0 aromatic heterocycles. The number of nitrogens with zero attached hydrogens (tertiary/aromatic N) is 5. The number of hydrogen-bond donors (Lipinski definition) is 2. The lowest BCUT2D eigenvalue weighted by molar-refractivity contribution is -0.137. The van der Waals surface area contributed by atoms with Gasteiger partial charge in [-0.05, 0) is 61.1 Å². The largest absolute Gasteiger partial charge is 0.497 e. The smallest absolute Gasteiger partial charge is 0.416 e. The zero-order valence-corrected chi connectivity index (χ0v) is 28.9. The highest BCUT2D eigenvalue weighted by Crippen LogP contribution is 2.44. The quantitative estimate of drug-likeness (QED) is 0.135. The lowest BCUT2D eigenvalue weighted by atomic mass is 9.86. The molecule has 4 aliphatic rings. The van der Waals surface area contributed by atoms with Crippen molar-refractivity contribution in [1.29, 1.82) is 0 Å². The Morgan fingerprint density at radius 3 is 2.34 bits per heavy atom. The molecule has 0 spiro atoms. The fourth-order valence-corrected chi connectivity index (χ4v) is 8.51. The van der Waals surface area contributed by atoms with Gasteiger partial charge in [0, 0.05) is 94.3 Å². The minimum atomic E-state index is -4.50. The molecular weight excluding hydrogens is 651 g/mol. The van der Waals surface area contributed by atoms with E-state index in [1.54, 1.807) is 20.3 Å². The number of halogens is 3. The van der Waals surface area contributed by atoms with Crippen molar-refractivity contribution in [2.45, 2.75) is 49.7 Å². The summed E-state index contributed by atoms with van der Waals surface area (Å²) in [7, 11) is 3.26. The molecule has 4 heterocycles. The average Bonchev–Trinajstić information content (AvgIpc) is 3.77. The van der Waals surface area contributed by atoms with E-state index >= 15 is 0 Å². The van der Waals surface area contributed by atoms with E-state index in [1.807, 2.05) is 21.9 Å². The zero-order valence-electron chi connectivity index (χ0n) is 28.9. The minimum Gasteiger partial charge on any atom is -0.497 e. The summed E-state index contributed by atoms with van der Waals surface area (Å²) in [5.41, 5.74) is 1.74. The van der Waals surface area contributed by atoms with Gasteiger partial charge in [-0.3, -0.25) is 20.9 Å². The number of rotatable bonds is 9. The van der Waals surface area contributed by atoms with E-state index in [1.165, 1.54) is 6.07 Å². The Labute approximate surface area is 291 Å². The van der Waals surface area contributed by atoms with Crippen molar-refractivity contribution < 1.29 is 37.6 Å². The number of alkyl halides is 3. The van der Waals surface area contributed by atoms with Gasteiger partial charge in [0.1, 0.15) is 5.75 Å². The summed E-state index contributed by atoms with van der Waals surface area (Å²) in [6.07, 6.45) is -1.41. The first-order chi connectivity index (χ1) is 24.1. The number of amides is 1. The number of amidine groups is 1. The third kappa shape index (κ3) is 7.76. The Bertz CT molecular complexity index is 1510. The van der Waals surface area contributed by atoms with Crippen molar-refractivity contribution in [1.82, 2.24) is 9.80 Å². The fourth-order valence-electron chi connectivity index (χ4n) is 8.51. The van der Waals surface area contributed by atoms with Gasteiger partial charge in [0.15, 0.2) is 0 Å². The van der Waals surface area contributed by atoms with Gasteiger partial charge in [0.2, 0.25) is 5.91 Å². The second-order valence-corrected chi connectivity index (χ2v) is 14.0. The maximum Gasteiger partial charge on any atom is 0.416 e. The zero-order chi connectivity index (χ0) is 35.4. The summed E-state index contributed by atoms with van der Waals surface area (Å²) >= 11 is 0. The maximum absolute atomic E-state index is 14.6. The second-order valence-electron chi connectivity index (χ2n) is 14.0. The highest BCUT2D eigenvalue weighted by molar-refractivity contribution is 5.81. The molecule has 0 unspecified atom stereocenters. The molecule has 14 heteroatoms. The summed E-state index contributed by atoms with van der Waals surface area (Å²) in [5.74, 6) is 5.77. The molecule has 4 saturated heterocycles. The number of ether oxygens (including phenoxy) is 3. The molecule has 0 radical (unpaired) electrons. The minimum absolute atomic E-state index is 0.00199. The molecule has 11 nitrogen and oxygen atoms in total. The average molecular weight is 701 g/mol. The van der Waals surface area contributed by atoms with Crippen LogP contribution in [0, 0.1) is 17.8 Å². The molecule has 6 rings (SSSR count). The van der Waals surface area contributed by atoms with Crippen LogP contribution >= 0.6 is 0 Å². The molecule has 4 fully saturated rings. The summed E-state index contributed by atoms with van der Waals surface area (Å²) in [6.45, 7) is 5.12. The summed E-state index contributed by atoms with van der Waals surface area (Å²) in [6, 6.07) is 12.4. The molecule has 4 atom stereocenters. The number of carbonyl (C=O) groups is 1. The van der Waals surface area contributed by atoms with Crippen molar-refractivity contribution in [2.75, 3.05) is 78.2 Å². The van der Waals surface area contributed by atoms with Crippen LogP contribution in [0.5, 0.6) is 5.75 Å². The lowest BCUT2D eigenvalue weighted by Crippen LogP contribution is -2.47. The Morgan fingerprint density at radius 1 is 0.980 bits per heavy atom. The monoisotopic (exact) mass is 700 g/mol. The second kappa shape index (κ2) is 15.6. The van der Waals surface area contributed by atoms with Crippen LogP contribution in [0.2, 0.25) is 0 Å². The predicted octanol–water partition coefficient (Wildman–Crippen LogP) is 3.50. The van der Waals surface area contributed by atoms with Crippen molar-refractivity contribution in [3.8, 4) is 5.75 Å². The number of methoxy groups -OCH3 is 2. The Hall–Kier alpha value is -3.75. The van der Waals surface area contributed by atoms with E-state index in [9.17, 15) is 18.0 Å². The summed E-state index contributed by atoms with van der Waals surface area (Å²) in [4.78, 5) is 21.0. The number of anilines is 1.